The van der Waals surface area contributed by atoms with E-state index in [1.54, 1.807) is 0 Å². The molecular formula is C12H12N2O. The van der Waals surface area contributed by atoms with Crippen molar-refractivity contribution in [3.63, 3.8) is 0 Å². The van der Waals surface area contributed by atoms with E-state index in [4.69, 9.17) is 5.26 Å². The van der Waals surface area contributed by atoms with Crippen LogP contribution >= 0.6 is 0 Å². The summed E-state index contributed by atoms with van der Waals surface area (Å²) < 4.78 is 0. The van der Waals surface area contributed by atoms with Crippen LogP contribution in [0.25, 0.3) is 0 Å². The predicted molar refractivity (Wildman–Crippen MR) is 56.2 cm³/mol. The smallest absolute Gasteiger partial charge is 0.217 e. The van der Waals surface area contributed by atoms with Crippen molar-refractivity contribution in [3.8, 4) is 6.07 Å². The average molecular weight is 200 g/mol. The first-order valence-electron chi connectivity index (χ1n) is 4.98. The molecule has 1 amide bonds. The topological polar surface area (TPSA) is 52.9 Å². The van der Waals surface area contributed by atoms with Gasteiger partial charge in [0, 0.05) is 13.0 Å². The highest BCUT2D eigenvalue weighted by Crippen LogP contribution is 2.23. The monoisotopic (exact) mass is 200 g/mol. The SMILES string of the molecule is CC(=O)NC1Cc2ccc(C#N)cc2C1. The standard InChI is InChI=1S/C12H12N2O/c1-8(15)14-12-5-10-3-2-9(7-13)4-11(10)6-12/h2-4,12H,5-6H2,1H3,(H,14,15). The number of carbonyl (C=O) groups excluding carboxylic acids is 1. The molecule has 1 aromatic rings. The Morgan fingerprint density at radius 3 is 2.87 bits per heavy atom. The molecule has 1 unspecified atom stereocenters. The van der Waals surface area contributed by atoms with Gasteiger partial charge >= 0.3 is 0 Å². The van der Waals surface area contributed by atoms with Crippen molar-refractivity contribution in [2.45, 2.75) is 25.8 Å². The average Bonchev–Trinajstić information content (AvgIpc) is 2.57. The van der Waals surface area contributed by atoms with Crippen LogP contribution in [-0.2, 0) is 17.6 Å². The molecule has 76 valence electrons. The maximum absolute atomic E-state index is 10.9. The lowest BCUT2D eigenvalue weighted by molar-refractivity contribution is -0.119. The van der Waals surface area contributed by atoms with Crippen LogP contribution in [0.1, 0.15) is 23.6 Å². The Morgan fingerprint density at radius 2 is 2.20 bits per heavy atom. The fourth-order valence-electron chi connectivity index (χ4n) is 2.08. The van der Waals surface area contributed by atoms with E-state index in [-0.39, 0.29) is 11.9 Å². The molecule has 0 fully saturated rings. The van der Waals surface area contributed by atoms with Gasteiger partial charge < -0.3 is 5.32 Å². The van der Waals surface area contributed by atoms with Crippen LogP contribution in [0, 0.1) is 11.3 Å². The summed E-state index contributed by atoms with van der Waals surface area (Å²) in [4.78, 5) is 10.9. The van der Waals surface area contributed by atoms with Gasteiger partial charge in [-0.25, -0.2) is 0 Å². The van der Waals surface area contributed by atoms with E-state index in [2.05, 4.69) is 11.4 Å². The summed E-state index contributed by atoms with van der Waals surface area (Å²) in [7, 11) is 0. The number of nitriles is 1. The van der Waals surface area contributed by atoms with Crippen LogP contribution in [0.4, 0.5) is 0 Å². The normalized spacial score (nSPS) is 18.0. The van der Waals surface area contributed by atoms with E-state index in [1.807, 2.05) is 18.2 Å². The molecule has 0 heterocycles. The molecule has 1 atom stereocenters. The Balaban J connectivity index is 2.17. The molecule has 0 radical (unpaired) electrons. The highest BCUT2D eigenvalue weighted by molar-refractivity contribution is 5.73. The van der Waals surface area contributed by atoms with Crippen molar-refractivity contribution in [2.75, 3.05) is 0 Å². The second-order valence-corrected chi connectivity index (χ2v) is 3.90. The summed E-state index contributed by atoms with van der Waals surface area (Å²) in [6, 6.07) is 8.05. The van der Waals surface area contributed by atoms with Crippen molar-refractivity contribution >= 4 is 5.91 Å². The Labute approximate surface area is 88.7 Å². The number of fused-ring (bicyclic) bond motifs is 1. The summed E-state index contributed by atoms with van der Waals surface area (Å²) in [6.45, 7) is 1.53. The first kappa shape index (κ1) is 9.72. The van der Waals surface area contributed by atoms with Gasteiger partial charge in [-0.3, -0.25) is 4.79 Å². The third kappa shape index (κ3) is 1.99. The van der Waals surface area contributed by atoms with Gasteiger partial charge in [0.05, 0.1) is 11.6 Å². The number of hydrogen-bond acceptors (Lipinski definition) is 2. The third-order valence-electron chi connectivity index (χ3n) is 2.68. The van der Waals surface area contributed by atoms with Gasteiger partial charge in [-0.15, -0.1) is 0 Å². The Bertz CT molecular complexity index is 445. The van der Waals surface area contributed by atoms with Gasteiger partial charge in [-0.2, -0.15) is 5.26 Å². The van der Waals surface area contributed by atoms with Crippen LogP contribution in [0.5, 0.6) is 0 Å². The fraction of sp³-hybridized carbons (Fsp3) is 0.333. The molecule has 0 aliphatic heterocycles. The molecule has 2 rings (SSSR count). The molecule has 0 saturated heterocycles. The zero-order valence-electron chi connectivity index (χ0n) is 8.58. The number of benzene rings is 1. The van der Waals surface area contributed by atoms with Gasteiger partial charge in [-0.1, -0.05) is 6.07 Å². The largest absolute Gasteiger partial charge is 0.353 e. The van der Waals surface area contributed by atoms with Crippen molar-refractivity contribution in [1.29, 1.82) is 5.26 Å². The zero-order chi connectivity index (χ0) is 10.8. The van der Waals surface area contributed by atoms with Gasteiger partial charge in [0.2, 0.25) is 5.91 Å². The summed E-state index contributed by atoms with van der Waals surface area (Å²) in [5.74, 6) is 0.00770. The number of amides is 1. The van der Waals surface area contributed by atoms with Crippen LogP contribution in [0.15, 0.2) is 18.2 Å². The van der Waals surface area contributed by atoms with Crippen LogP contribution < -0.4 is 5.32 Å². The summed E-state index contributed by atoms with van der Waals surface area (Å²) >= 11 is 0. The van der Waals surface area contributed by atoms with Crippen LogP contribution in [0.3, 0.4) is 0 Å². The molecule has 0 bridgehead atoms. The number of nitrogens with zero attached hydrogens (tertiary/aromatic N) is 1. The van der Waals surface area contributed by atoms with E-state index in [1.165, 1.54) is 18.1 Å². The van der Waals surface area contributed by atoms with Crippen LogP contribution in [0.2, 0.25) is 0 Å². The molecule has 1 aliphatic rings. The molecule has 0 saturated carbocycles. The minimum absolute atomic E-state index is 0.00770. The van der Waals surface area contributed by atoms with E-state index in [9.17, 15) is 4.79 Å². The maximum atomic E-state index is 10.9. The molecule has 0 aromatic heterocycles. The molecule has 3 heteroatoms. The molecule has 0 spiro atoms. The lowest BCUT2D eigenvalue weighted by Gasteiger charge is -2.08. The van der Waals surface area contributed by atoms with Crippen LogP contribution in [-0.4, -0.2) is 11.9 Å². The second kappa shape index (κ2) is 3.74. The first-order valence-corrected chi connectivity index (χ1v) is 4.98. The lowest BCUT2D eigenvalue weighted by Crippen LogP contribution is -2.33. The summed E-state index contributed by atoms with van der Waals surface area (Å²) in [5, 5.41) is 11.7. The number of hydrogen-bond donors (Lipinski definition) is 1. The number of nitrogens with one attached hydrogen (secondary N) is 1. The highest BCUT2D eigenvalue weighted by Gasteiger charge is 2.21. The molecular weight excluding hydrogens is 188 g/mol. The predicted octanol–water partition coefficient (Wildman–Crippen LogP) is 1.16. The minimum Gasteiger partial charge on any atom is -0.353 e. The second-order valence-electron chi connectivity index (χ2n) is 3.90. The number of rotatable bonds is 1. The molecule has 1 aliphatic carbocycles. The van der Waals surface area contributed by atoms with Crippen molar-refractivity contribution in [1.82, 2.24) is 5.32 Å². The molecule has 3 nitrogen and oxygen atoms in total. The quantitative estimate of drug-likeness (QED) is 0.739. The Kier molecular flexibility index (Phi) is 2.42. The Morgan fingerprint density at radius 1 is 1.47 bits per heavy atom. The van der Waals surface area contributed by atoms with E-state index in [0.29, 0.717) is 5.56 Å². The summed E-state index contributed by atoms with van der Waals surface area (Å²) in [5.41, 5.74) is 3.12. The van der Waals surface area contributed by atoms with E-state index >= 15 is 0 Å². The van der Waals surface area contributed by atoms with E-state index in [0.717, 1.165) is 12.8 Å². The summed E-state index contributed by atoms with van der Waals surface area (Å²) in [6.07, 6.45) is 1.71. The minimum atomic E-state index is 0.00770. The van der Waals surface area contributed by atoms with Gasteiger partial charge in [0.15, 0.2) is 0 Å². The molecule has 1 N–H and O–H groups in total. The maximum Gasteiger partial charge on any atom is 0.217 e. The third-order valence-corrected chi connectivity index (χ3v) is 2.68. The van der Waals surface area contributed by atoms with Gasteiger partial charge in [0.1, 0.15) is 0 Å². The van der Waals surface area contributed by atoms with Crippen molar-refractivity contribution < 1.29 is 4.79 Å². The first-order chi connectivity index (χ1) is 7.19. The van der Waals surface area contributed by atoms with Gasteiger partial charge in [-0.05, 0) is 36.1 Å². The zero-order valence-corrected chi connectivity index (χ0v) is 8.58. The Hall–Kier alpha value is -1.82. The lowest BCUT2D eigenvalue weighted by atomic mass is 10.1. The fourth-order valence-corrected chi connectivity index (χ4v) is 2.08. The van der Waals surface area contributed by atoms with Crippen molar-refractivity contribution in [3.05, 3.63) is 34.9 Å². The van der Waals surface area contributed by atoms with Crippen molar-refractivity contribution in [2.24, 2.45) is 0 Å². The van der Waals surface area contributed by atoms with E-state index < -0.39 is 0 Å². The van der Waals surface area contributed by atoms with Gasteiger partial charge in [0.25, 0.3) is 0 Å². The number of carbonyl (C=O) groups is 1. The molecule has 15 heavy (non-hydrogen) atoms. The highest BCUT2D eigenvalue weighted by atomic mass is 16.1. The molecule has 1 aromatic carbocycles.